The van der Waals surface area contributed by atoms with Gasteiger partial charge in [-0.15, -0.1) is 0 Å². The molecule has 1 fully saturated rings. The summed E-state index contributed by atoms with van der Waals surface area (Å²) in [5.41, 5.74) is 0.642. The minimum Gasteiger partial charge on any atom is -0.493 e. The molecule has 8 heteroatoms. The molecular weight excluding hydrogens is 313 g/mol. The van der Waals surface area contributed by atoms with Gasteiger partial charge in [0.25, 0.3) is 0 Å². The van der Waals surface area contributed by atoms with Crippen molar-refractivity contribution in [2.45, 2.75) is 24.7 Å². The fourth-order valence-corrected chi connectivity index (χ4v) is 2.35. The first-order valence-corrected chi connectivity index (χ1v) is 6.88. The van der Waals surface area contributed by atoms with E-state index in [9.17, 15) is 18.0 Å². The molecule has 2 unspecified atom stereocenters. The summed E-state index contributed by atoms with van der Waals surface area (Å²) in [6.07, 6.45) is -1.64. The van der Waals surface area contributed by atoms with Gasteiger partial charge < -0.3 is 20.1 Å². The molecule has 0 aliphatic carbocycles. The number of amides is 2. The summed E-state index contributed by atoms with van der Waals surface area (Å²) in [6, 6.07) is 1.75. The number of alkyl halides is 3. The molecule has 2 atom stereocenters. The summed E-state index contributed by atoms with van der Waals surface area (Å²) in [5.74, 6) is 0.982. The van der Waals surface area contributed by atoms with Crippen LogP contribution < -0.4 is 20.1 Å². The maximum absolute atomic E-state index is 12.8. The average Bonchev–Trinajstić information content (AvgIpc) is 2.51. The first-order chi connectivity index (χ1) is 10.8. The van der Waals surface area contributed by atoms with Gasteiger partial charge in [0.15, 0.2) is 11.5 Å². The predicted molar refractivity (Wildman–Crippen MR) is 78.5 cm³/mol. The lowest BCUT2D eigenvalue weighted by molar-refractivity contribution is -0.157. The number of carbonyl (C=O) groups is 1. The molecular formula is C15H17F3N2O3. The third kappa shape index (κ3) is 4.08. The summed E-state index contributed by atoms with van der Waals surface area (Å²) >= 11 is 0. The van der Waals surface area contributed by atoms with E-state index in [1.165, 1.54) is 20.3 Å². The lowest BCUT2D eigenvalue weighted by Crippen LogP contribution is -2.58. The summed E-state index contributed by atoms with van der Waals surface area (Å²) in [6.45, 7) is 0. The van der Waals surface area contributed by atoms with Crippen LogP contribution in [0.1, 0.15) is 12.0 Å². The highest BCUT2D eigenvalue weighted by Gasteiger charge is 2.44. The van der Waals surface area contributed by atoms with Crippen LogP contribution in [-0.2, 0) is 0 Å². The summed E-state index contributed by atoms with van der Waals surface area (Å²) < 4.78 is 48.7. The number of carbonyl (C=O) groups excluding carboxylic acids is 1. The summed E-state index contributed by atoms with van der Waals surface area (Å²) in [5, 5.41) is 4.32. The van der Waals surface area contributed by atoms with Crippen LogP contribution >= 0.6 is 0 Å². The topological polar surface area (TPSA) is 59.6 Å². The van der Waals surface area contributed by atoms with Gasteiger partial charge in [-0.3, -0.25) is 0 Å². The number of para-hydroxylation sites is 1. The van der Waals surface area contributed by atoms with E-state index in [2.05, 4.69) is 5.32 Å². The van der Waals surface area contributed by atoms with Crippen molar-refractivity contribution in [3.05, 3.63) is 29.8 Å². The number of benzene rings is 1. The number of nitrogens with one attached hydrogen (secondary N) is 2. The zero-order valence-electron chi connectivity index (χ0n) is 12.6. The molecule has 1 aliphatic rings. The molecule has 1 aliphatic heterocycles. The maximum atomic E-state index is 12.8. The van der Waals surface area contributed by atoms with Gasteiger partial charge in [0.2, 0.25) is 0 Å². The fraction of sp³-hybridized carbons (Fsp3) is 0.400. The van der Waals surface area contributed by atoms with Gasteiger partial charge in [-0.05, 0) is 6.07 Å². The van der Waals surface area contributed by atoms with Gasteiger partial charge in [-0.2, -0.15) is 13.2 Å². The quantitative estimate of drug-likeness (QED) is 0.892. The lowest BCUT2D eigenvalue weighted by atomic mass is 10.0. The zero-order chi connectivity index (χ0) is 17.0. The van der Waals surface area contributed by atoms with E-state index in [-0.39, 0.29) is 6.42 Å². The van der Waals surface area contributed by atoms with Crippen molar-refractivity contribution in [1.29, 1.82) is 0 Å². The molecule has 0 bridgehead atoms. The van der Waals surface area contributed by atoms with Crippen LogP contribution in [0, 0.1) is 0 Å². The Morgan fingerprint density at radius 1 is 1.22 bits per heavy atom. The number of ether oxygens (including phenoxy) is 2. The molecule has 0 radical (unpaired) electrons. The third-order valence-electron chi connectivity index (χ3n) is 3.45. The fourth-order valence-electron chi connectivity index (χ4n) is 2.35. The molecule has 0 aromatic heterocycles. The standard InChI is InChI=1S/C15H17F3N2O3/c1-22-11-5-3-4-9(13(11)23-2)6-7-10-8-12(15(16,17)18)20-14(21)19-10/h3-7,10,12H,8H2,1-2H3,(H2,19,20,21)/b7-6+. The third-order valence-corrected chi connectivity index (χ3v) is 3.45. The Bertz CT molecular complexity index is 602. The van der Waals surface area contributed by atoms with Crippen LogP contribution in [0.3, 0.4) is 0 Å². The molecule has 1 heterocycles. The monoisotopic (exact) mass is 330 g/mol. The Balaban J connectivity index is 2.18. The van der Waals surface area contributed by atoms with E-state index in [0.717, 1.165) is 0 Å². The van der Waals surface area contributed by atoms with E-state index in [4.69, 9.17) is 9.47 Å². The van der Waals surface area contributed by atoms with Gasteiger partial charge in [0.05, 0.1) is 20.3 Å². The first kappa shape index (κ1) is 17.0. The molecule has 2 rings (SSSR count). The van der Waals surface area contributed by atoms with Gasteiger partial charge in [-0.25, -0.2) is 4.79 Å². The van der Waals surface area contributed by atoms with Crippen LogP contribution in [0.5, 0.6) is 11.5 Å². The van der Waals surface area contributed by atoms with Crippen molar-refractivity contribution >= 4 is 12.1 Å². The van der Waals surface area contributed by atoms with Gasteiger partial charge in [0.1, 0.15) is 6.04 Å². The van der Waals surface area contributed by atoms with E-state index >= 15 is 0 Å². The molecule has 1 aromatic rings. The Labute approximate surface area is 131 Å². The average molecular weight is 330 g/mol. The minimum absolute atomic E-state index is 0.280. The number of hydrogen-bond donors (Lipinski definition) is 2. The molecule has 2 N–H and O–H groups in total. The second-order valence-corrected chi connectivity index (χ2v) is 5.00. The highest BCUT2D eigenvalue weighted by molar-refractivity contribution is 5.76. The minimum atomic E-state index is -4.47. The summed E-state index contributed by atoms with van der Waals surface area (Å²) in [4.78, 5) is 11.4. The van der Waals surface area contributed by atoms with E-state index in [1.54, 1.807) is 24.3 Å². The molecule has 1 aromatic carbocycles. The Hall–Kier alpha value is -2.38. The van der Waals surface area contributed by atoms with Crippen molar-refractivity contribution in [3.63, 3.8) is 0 Å². The molecule has 23 heavy (non-hydrogen) atoms. The Morgan fingerprint density at radius 2 is 1.96 bits per heavy atom. The van der Waals surface area contributed by atoms with Crippen molar-refractivity contribution in [1.82, 2.24) is 10.6 Å². The van der Waals surface area contributed by atoms with Gasteiger partial charge in [-0.1, -0.05) is 24.3 Å². The van der Waals surface area contributed by atoms with Gasteiger partial charge >= 0.3 is 12.2 Å². The molecule has 2 amide bonds. The zero-order valence-corrected chi connectivity index (χ0v) is 12.6. The molecule has 1 saturated heterocycles. The SMILES string of the molecule is COc1cccc(/C=C/C2CC(C(F)(F)F)NC(=O)N2)c1OC. The van der Waals surface area contributed by atoms with Crippen molar-refractivity contribution in [3.8, 4) is 11.5 Å². The first-order valence-electron chi connectivity index (χ1n) is 6.88. The van der Waals surface area contributed by atoms with Crippen LogP contribution in [-0.4, -0.2) is 38.5 Å². The smallest absolute Gasteiger partial charge is 0.408 e. The van der Waals surface area contributed by atoms with Crippen molar-refractivity contribution in [2.24, 2.45) is 0 Å². The normalized spacial score (nSPS) is 21.7. The second kappa shape index (κ2) is 6.80. The van der Waals surface area contributed by atoms with Crippen LogP contribution in [0.15, 0.2) is 24.3 Å². The number of rotatable bonds is 4. The van der Waals surface area contributed by atoms with Crippen molar-refractivity contribution < 1.29 is 27.4 Å². The van der Waals surface area contributed by atoms with E-state index in [1.807, 2.05) is 5.32 Å². The Kier molecular flexibility index (Phi) is 5.02. The number of hydrogen-bond acceptors (Lipinski definition) is 3. The Morgan fingerprint density at radius 3 is 2.57 bits per heavy atom. The maximum Gasteiger partial charge on any atom is 0.408 e. The number of halogens is 3. The molecule has 5 nitrogen and oxygen atoms in total. The lowest BCUT2D eigenvalue weighted by Gasteiger charge is -2.30. The second-order valence-electron chi connectivity index (χ2n) is 5.00. The van der Waals surface area contributed by atoms with E-state index in [0.29, 0.717) is 17.1 Å². The van der Waals surface area contributed by atoms with Crippen molar-refractivity contribution in [2.75, 3.05) is 14.2 Å². The summed E-state index contributed by atoms with van der Waals surface area (Å²) in [7, 11) is 2.97. The molecule has 0 spiro atoms. The number of urea groups is 1. The van der Waals surface area contributed by atoms with Gasteiger partial charge in [0, 0.05) is 12.0 Å². The molecule has 0 saturated carbocycles. The van der Waals surface area contributed by atoms with Crippen LogP contribution in [0.2, 0.25) is 0 Å². The van der Waals surface area contributed by atoms with Crippen LogP contribution in [0.25, 0.3) is 6.08 Å². The predicted octanol–water partition coefficient (Wildman–Crippen LogP) is 2.72. The van der Waals surface area contributed by atoms with Crippen LogP contribution in [0.4, 0.5) is 18.0 Å². The van der Waals surface area contributed by atoms with E-state index < -0.39 is 24.3 Å². The largest absolute Gasteiger partial charge is 0.493 e. The molecule has 126 valence electrons. The number of methoxy groups -OCH3 is 2. The highest BCUT2D eigenvalue weighted by atomic mass is 19.4. The highest BCUT2D eigenvalue weighted by Crippen LogP contribution is 2.32.